The second-order valence-electron chi connectivity index (χ2n) is 4.49. The molecule has 0 aromatic heterocycles. The van der Waals surface area contributed by atoms with Crippen molar-refractivity contribution in [2.45, 2.75) is 6.42 Å². The van der Waals surface area contributed by atoms with Crippen molar-refractivity contribution in [1.82, 2.24) is 0 Å². The predicted molar refractivity (Wildman–Crippen MR) is 80.3 cm³/mol. The van der Waals surface area contributed by atoms with E-state index in [1.165, 1.54) is 5.56 Å². The molecule has 0 atom stereocenters. The zero-order valence-corrected chi connectivity index (χ0v) is 11.6. The number of halogens is 1. The lowest BCUT2D eigenvalue weighted by Gasteiger charge is -2.20. The van der Waals surface area contributed by atoms with Crippen LogP contribution in [-0.4, -0.2) is 19.9 Å². The number of carbonyl (C=O) groups excluding carboxylic acids is 1. The molecule has 0 saturated heterocycles. The molecule has 0 aliphatic carbocycles. The van der Waals surface area contributed by atoms with E-state index >= 15 is 0 Å². The molecule has 0 aliphatic heterocycles. The van der Waals surface area contributed by atoms with Crippen LogP contribution in [0.2, 0.25) is 5.02 Å². The topological polar surface area (TPSA) is 20.3 Å². The fourth-order valence-corrected chi connectivity index (χ4v) is 2.30. The highest BCUT2D eigenvalue weighted by molar-refractivity contribution is 6.33. The van der Waals surface area contributed by atoms with Gasteiger partial charge in [-0.2, -0.15) is 0 Å². The summed E-state index contributed by atoms with van der Waals surface area (Å²) in [5.41, 5.74) is 2.85. The molecule has 0 N–H and O–H groups in total. The molecule has 2 nitrogen and oxygen atoms in total. The normalized spacial score (nSPS) is 10.2. The van der Waals surface area contributed by atoms with Crippen LogP contribution < -0.4 is 4.90 Å². The first kappa shape index (κ1) is 13.6. The largest absolute Gasteiger partial charge is 0.373 e. The Labute approximate surface area is 118 Å². The number of hydrogen-bond donors (Lipinski definition) is 0. The highest BCUT2D eigenvalue weighted by Gasteiger charge is 2.07. The van der Waals surface area contributed by atoms with Gasteiger partial charge in [-0.3, -0.25) is 4.79 Å². The van der Waals surface area contributed by atoms with Gasteiger partial charge in [0.15, 0.2) is 0 Å². The van der Waals surface area contributed by atoms with E-state index in [4.69, 9.17) is 11.6 Å². The Morgan fingerprint density at radius 1 is 1.16 bits per heavy atom. The van der Waals surface area contributed by atoms with Crippen LogP contribution in [0.15, 0.2) is 48.5 Å². The van der Waals surface area contributed by atoms with Gasteiger partial charge in [-0.15, -0.1) is 0 Å². The standard InChI is InChI=1S/C16H16ClNO/c1-18(10-9-13-5-3-2-4-6-13)16-8-7-14(12-19)11-15(16)17/h2-8,11-12H,9-10H2,1H3. The van der Waals surface area contributed by atoms with E-state index in [2.05, 4.69) is 17.0 Å². The first-order chi connectivity index (χ1) is 9.20. The van der Waals surface area contributed by atoms with Gasteiger partial charge in [0.1, 0.15) is 6.29 Å². The summed E-state index contributed by atoms with van der Waals surface area (Å²) < 4.78 is 0. The minimum atomic E-state index is 0.602. The average molecular weight is 274 g/mol. The highest BCUT2D eigenvalue weighted by Crippen LogP contribution is 2.25. The molecule has 3 heteroatoms. The van der Waals surface area contributed by atoms with Gasteiger partial charge in [-0.1, -0.05) is 41.9 Å². The average Bonchev–Trinajstić information content (AvgIpc) is 2.45. The molecule has 0 fully saturated rings. The van der Waals surface area contributed by atoms with Crippen molar-refractivity contribution in [2.75, 3.05) is 18.5 Å². The van der Waals surface area contributed by atoms with Crippen LogP contribution in [0.1, 0.15) is 15.9 Å². The highest BCUT2D eigenvalue weighted by atomic mass is 35.5. The Balaban J connectivity index is 2.04. The van der Waals surface area contributed by atoms with Crippen LogP contribution in [0.5, 0.6) is 0 Å². The Morgan fingerprint density at radius 3 is 2.53 bits per heavy atom. The van der Waals surface area contributed by atoms with Crippen LogP contribution in [0.25, 0.3) is 0 Å². The number of rotatable bonds is 5. The van der Waals surface area contributed by atoms with E-state index in [1.54, 1.807) is 12.1 Å². The third-order valence-corrected chi connectivity index (χ3v) is 3.40. The molecule has 2 aromatic carbocycles. The van der Waals surface area contributed by atoms with Gasteiger partial charge >= 0.3 is 0 Å². The Kier molecular flexibility index (Phi) is 4.58. The summed E-state index contributed by atoms with van der Waals surface area (Å²) >= 11 is 6.18. The Hall–Kier alpha value is -1.80. The first-order valence-corrected chi connectivity index (χ1v) is 6.58. The number of anilines is 1. The van der Waals surface area contributed by atoms with Crippen molar-refractivity contribution in [3.8, 4) is 0 Å². The van der Waals surface area contributed by atoms with Crippen LogP contribution in [0.3, 0.4) is 0 Å². The second-order valence-corrected chi connectivity index (χ2v) is 4.89. The number of benzene rings is 2. The van der Waals surface area contributed by atoms with Crippen LogP contribution in [0.4, 0.5) is 5.69 Å². The molecule has 0 heterocycles. The molecule has 19 heavy (non-hydrogen) atoms. The number of aldehydes is 1. The number of carbonyl (C=O) groups is 1. The molecule has 0 spiro atoms. The molecule has 0 aliphatic rings. The van der Waals surface area contributed by atoms with Gasteiger partial charge in [-0.25, -0.2) is 0 Å². The molecular weight excluding hydrogens is 258 g/mol. The summed E-state index contributed by atoms with van der Waals surface area (Å²) in [5.74, 6) is 0. The Morgan fingerprint density at radius 2 is 1.89 bits per heavy atom. The maximum atomic E-state index is 10.7. The minimum Gasteiger partial charge on any atom is -0.373 e. The van der Waals surface area contributed by atoms with E-state index in [0.29, 0.717) is 10.6 Å². The Bertz CT molecular complexity index is 554. The SMILES string of the molecule is CN(CCc1ccccc1)c1ccc(C=O)cc1Cl. The van der Waals surface area contributed by atoms with Crippen molar-refractivity contribution in [2.24, 2.45) is 0 Å². The van der Waals surface area contributed by atoms with Crippen LogP contribution in [-0.2, 0) is 6.42 Å². The smallest absolute Gasteiger partial charge is 0.150 e. The number of likely N-dealkylation sites (N-methyl/N-ethyl adjacent to an activating group) is 1. The van der Waals surface area contributed by atoms with Crippen molar-refractivity contribution in [3.05, 3.63) is 64.7 Å². The van der Waals surface area contributed by atoms with E-state index in [-0.39, 0.29) is 0 Å². The number of hydrogen-bond acceptors (Lipinski definition) is 2. The summed E-state index contributed by atoms with van der Waals surface area (Å²) in [7, 11) is 2.00. The van der Waals surface area contributed by atoms with Crippen molar-refractivity contribution < 1.29 is 4.79 Å². The molecule has 0 saturated carbocycles. The van der Waals surface area contributed by atoms with E-state index < -0.39 is 0 Å². The van der Waals surface area contributed by atoms with Crippen molar-refractivity contribution in [3.63, 3.8) is 0 Å². The van der Waals surface area contributed by atoms with Crippen molar-refractivity contribution >= 4 is 23.6 Å². The summed E-state index contributed by atoms with van der Waals surface area (Å²) in [4.78, 5) is 12.8. The molecule has 2 rings (SSSR count). The van der Waals surface area contributed by atoms with Gasteiger partial charge in [0.25, 0.3) is 0 Å². The lowest BCUT2D eigenvalue weighted by atomic mass is 10.1. The summed E-state index contributed by atoms with van der Waals surface area (Å²) in [6.45, 7) is 0.879. The summed E-state index contributed by atoms with van der Waals surface area (Å²) in [6.07, 6.45) is 1.77. The summed E-state index contributed by atoms with van der Waals surface area (Å²) in [5, 5.41) is 0.611. The van der Waals surface area contributed by atoms with E-state index in [9.17, 15) is 4.79 Å². The molecule has 0 radical (unpaired) electrons. The van der Waals surface area contributed by atoms with Crippen LogP contribution in [0, 0.1) is 0 Å². The van der Waals surface area contributed by atoms with Gasteiger partial charge in [0, 0.05) is 19.2 Å². The fraction of sp³-hybridized carbons (Fsp3) is 0.188. The third-order valence-electron chi connectivity index (χ3n) is 3.10. The third kappa shape index (κ3) is 3.58. The lowest BCUT2D eigenvalue weighted by molar-refractivity contribution is 0.112. The molecule has 2 aromatic rings. The predicted octanol–water partition coefficient (Wildman–Crippen LogP) is 3.83. The molecule has 0 amide bonds. The number of nitrogens with zero attached hydrogens (tertiary/aromatic N) is 1. The monoisotopic (exact) mass is 273 g/mol. The lowest BCUT2D eigenvalue weighted by Crippen LogP contribution is -2.20. The molecule has 0 bridgehead atoms. The minimum absolute atomic E-state index is 0.602. The fourth-order valence-electron chi connectivity index (χ4n) is 1.97. The first-order valence-electron chi connectivity index (χ1n) is 6.20. The maximum absolute atomic E-state index is 10.7. The van der Waals surface area contributed by atoms with Gasteiger partial charge in [0.2, 0.25) is 0 Å². The molecular formula is C16H16ClNO. The molecule has 98 valence electrons. The second kappa shape index (κ2) is 6.39. The maximum Gasteiger partial charge on any atom is 0.150 e. The van der Waals surface area contributed by atoms with Gasteiger partial charge < -0.3 is 4.90 Å². The van der Waals surface area contributed by atoms with E-state index in [0.717, 1.165) is 24.9 Å². The van der Waals surface area contributed by atoms with Gasteiger partial charge in [-0.05, 0) is 30.2 Å². The van der Waals surface area contributed by atoms with Gasteiger partial charge in [0.05, 0.1) is 10.7 Å². The van der Waals surface area contributed by atoms with Crippen LogP contribution >= 0.6 is 11.6 Å². The van der Waals surface area contributed by atoms with Crippen molar-refractivity contribution in [1.29, 1.82) is 0 Å². The zero-order valence-electron chi connectivity index (χ0n) is 10.8. The van der Waals surface area contributed by atoms with E-state index in [1.807, 2.05) is 31.3 Å². The zero-order chi connectivity index (χ0) is 13.7. The summed E-state index contributed by atoms with van der Waals surface area (Å²) in [6, 6.07) is 15.7. The quantitative estimate of drug-likeness (QED) is 0.772. The molecule has 0 unspecified atom stereocenters.